The number of aliphatic hydroxyl groups excluding tert-OH is 2. The molecule has 0 aliphatic rings. The number of rotatable bonds is 18. The molecule has 2 N–H and O–H groups in total. The maximum atomic E-state index is 12.4. The summed E-state index contributed by atoms with van der Waals surface area (Å²) in [4.78, 5) is 12.4. The summed E-state index contributed by atoms with van der Waals surface area (Å²) in [5.41, 5.74) is 8.19. The lowest BCUT2D eigenvalue weighted by molar-refractivity contribution is -0.152. The van der Waals surface area contributed by atoms with Gasteiger partial charge in [0.1, 0.15) is 5.75 Å². The van der Waals surface area contributed by atoms with Crippen molar-refractivity contribution in [1.29, 1.82) is 0 Å². The van der Waals surface area contributed by atoms with Crippen molar-refractivity contribution in [2.45, 2.75) is 92.4 Å². The lowest BCUT2D eigenvalue weighted by atomic mass is 9.92. The van der Waals surface area contributed by atoms with E-state index in [-0.39, 0.29) is 31.7 Å². The molecule has 0 heterocycles. The topological polar surface area (TPSA) is 76.0 Å². The molecule has 0 radical (unpaired) electrons. The second-order valence-corrected chi connectivity index (χ2v) is 12.9. The van der Waals surface area contributed by atoms with Crippen LogP contribution >= 0.6 is 0 Å². The third-order valence-corrected chi connectivity index (χ3v) is 8.23. The fraction of sp³-hybridized carbons (Fsp3) is 0.513. The van der Waals surface area contributed by atoms with E-state index in [4.69, 9.17) is 9.47 Å². The Morgan fingerprint density at radius 3 is 2.05 bits per heavy atom. The summed E-state index contributed by atoms with van der Waals surface area (Å²) in [6, 6.07) is 22.2. The van der Waals surface area contributed by atoms with Gasteiger partial charge in [-0.3, -0.25) is 4.79 Å². The van der Waals surface area contributed by atoms with Gasteiger partial charge in [-0.1, -0.05) is 75.2 Å². The smallest absolute Gasteiger partial charge is 0.311 e. The fourth-order valence-electron chi connectivity index (χ4n) is 5.25. The number of hydrogen-bond donors (Lipinski definition) is 2. The van der Waals surface area contributed by atoms with Gasteiger partial charge in [-0.15, -0.1) is 0 Å². The van der Waals surface area contributed by atoms with Crippen molar-refractivity contribution in [3.05, 3.63) is 88.5 Å². The molecule has 5 nitrogen and oxygen atoms in total. The van der Waals surface area contributed by atoms with Crippen molar-refractivity contribution in [2.24, 2.45) is 11.3 Å². The normalized spacial score (nSPS) is 11.6. The molecule has 0 amide bonds. The molecule has 3 aromatic rings. The lowest BCUT2D eigenvalue weighted by Crippen LogP contribution is -2.23. The Balaban J connectivity index is 1.74. The molecule has 0 aliphatic heterocycles. The number of ether oxygens (including phenoxy) is 2. The molecule has 0 fully saturated rings. The standard InChI is InChI=1S/C39H54O5/c1-6-8-9-10-29-11-13-30(14-12-29)15-16-31-17-19-36(33(7-2)25-31)34-18-20-37(43-23-21-32(27-40)28-41)35(26-34)22-24-44-38(42)39(3,4)5/h11-14,17-20,25-26,32,40-41H,6-10,15-16,21-24,27-28H2,1-5H3. The van der Waals surface area contributed by atoms with Crippen LogP contribution in [0.2, 0.25) is 0 Å². The highest BCUT2D eigenvalue weighted by Crippen LogP contribution is 2.31. The van der Waals surface area contributed by atoms with Crippen molar-refractivity contribution in [2.75, 3.05) is 26.4 Å². The molecule has 0 unspecified atom stereocenters. The minimum Gasteiger partial charge on any atom is -0.493 e. The van der Waals surface area contributed by atoms with E-state index in [1.165, 1.54) is 53.5 Å². The summed E-state index contributed by atoms with van der Waals surface area (Å²) in [5, 5.41) is 18.8. The van der Waals surface area contributed by atoms with Gasteiger partial charge in [0, 0.05) is 25.6 Å². The van der Waals surface area contributed by atoms with E-state index in [1.54, 1.807) is 0 Å². The molecule has 0 aromatic heterocycles. The molecule has 0 aliphatic carbocycles. The molecule has 0 saturated heterocycles. The highest BCUT2D eigenvalue weighted by molar-refractivity contribution is 5.75. The summed E-state index contributed by atoms with van der Waals surface area (Å²) in [5.74, 6) is 0.309. The van der Waals surface area contributed by atoms with Gasteiger partial charge in [-0.05, 0) is 110 Å². The van der Waals surface area contributed by atoms with Gasteiger partial charge >= 0.3 is 5.97 Å². The van der Waals surface area contributed by atoms with Crippen LogP contribution in [0.1, 0.15) is 88.1 Å². The summed E-state index contributed by atoms with van der Waals surface area (Å²) in [6.07, 6.45) is 9.02. The van der Waals surface area contributed by atoms with Crippen LogP contribution in [-0.4, -0.2) is 42.6 Å². The number of esters is 1. The maximum absolute atomic E-state index is 12.4. The number of aliphatic hydroxyl groups is 2. The zero-order valence-corrected chi connectivity index (χ0v) is 27.7. The number of unbranched alkanes of at least 4 members (excludes halogenated alkanes) is 2. The second-order valence-electron chi connectivity index (χ2n) is 12.9. The minimum atomic E-state index is -0.555. The molecule has 0 bridgehead atoms. The molecule has 0 atom stereocenters. The number of carbonyl (C=O) groups is 1. The molecule has 0 saturated carbocycles. The Morgan fingerprint density at radius 1 is 0.750 bits per heavy atom. The molecular formula is C39H54O5. The Hall–Kier alpha value is -3.15. The molecule has 240 valence electrons. The molecular weight excluding hydrogens is 548 g/mol. The average Bonchev–Trinajstić information content (AvgIpc) is 3.02. The first-order valence-corrected chi connectivity index (χ1v) is 16.5. The average molecular weight is 603 g/mol. The number of benzene rings is 3. The van der Waals surface area contributed by atoms with Crippen LogP contribution in [0.5, 0.6) is 5.75 Å². The predicted octanol–water partition coefficient (Wildman–Crippen LogP) is 7.94. The van der Waals surface area contributed by atoms with E-state index >= 15 is 0 Å². The van der Waals surface area contributed by atoms with Gasteiger partial charge in [-0.25, -0.2) is 0 Å². The highest BCUT2D eigenvalue weighted by atomic mass is 16.5. The summed E-state index contributed by atoms with van der Waals surface area (Å²) < 4.78 is 11.7. The quantitative estimate of drug-likeness (QED) is 0.114. The summed E-state index contributed by atoms with van der Waals surface area (Å²) >= 11 is 0. The van der Waals surface area contributed by atoms with Crippen molar-refractivity contribution in [3.63, 3.8) is 0 Å². The molecule has 44 heavy (non-hydrogen) atoms. The van der Waals surface area contributed by atoms with Gasteiger partial charge in [-0.2, -0.15) is 0 Å². The van der Waals surface area contributed by atoms with Gasteiger partial charge < -0.3 is 19.7 Å². The van der Waals surface area contributed by atoms with Crippen LogP contribution in [0, 0.1) is 11.3 Å². The van der Waals surface area contributed by atoms with Crippen LogP contribution in [0.3, 0.4) is 0 Å². The Kier molecular flexibility index (Phi) is 14.4. The summed E-state index contributed by atoms with van der Waals surface area (Å²) in [7, 11) is 0. The Morgan fingerprint density at radius 2 is 1.41 bits per heavy atom. The SMILES string of the molecule is CCCCCc1ccc(CCc2ccc(-c3ccc(OCCC(CO)CO)c(CCOC(=O)C(C)(C)C)c3)c(CC)c2)cc1. The molecule has 0 spiro atoms. The van der Waals surface area contributed by atoms with Gasteiger partial charge in [0.25, 0.3) is 0 Å². The Labute approximate surface area is 265 Å². The van der Waals surface area contributed by atoms with Crippen LogP contribution in [-0.2, 0) is 41.6 Å². The lowest BCUT2D eigenvalue weighted by Gasteiger charge is -2.19. The van der Waals surface area contributed by atoms with Crippen LogP contribution in [0.4, 0.5) is 0 Å². The zero-order valence-electron chi connectivity index (χ0n) is 27.7. The second kappa shape index (κ2) is 18.0. The zero-order chi connectivity index (χ0) is 32.0. The number of aryl methyl sites for hydroxylation is 4. The van der Waals surface area contributed by atoms with E-state index in [2.05, 4.69) is 68.4 Å². The van der Waals surface area contributed by atoms with Gasteiger partial charge in [0.05, 0.1) is 18.6 Å². The van der Waals surface area contributed by atoms with Crippen molar-refractivity contribution in [3.8, 4) is 16.9 Å². The number of hydrogen-bond acceptors (Lipinski definition) is 5. The van der Waals surface area contributed by atoms with Gasteiger partial charge in [0.2, 0.25) is 0 Å². The third-order valence-electron chi connectivity index (χ3n) is 8.23. The van der Waals surface area contributed by atoms with Crippen molar-refractivity contribution in [1.82, 2.24) is 0 Å². The van der Waals surface area contributed by atoms with E-state index in [9.17, 15) is 15.0 Å². The first-order chi connectivity index (χ1) is 21.2. The van der Waals surface area contributed by atoms with E-state index < -0.39 is 5.41 Å². The molecule has 5 heteroatoms. The van der Waals surface area contributed by atoms with Crippen LogP contribution in [0.25, 0.3) is 11.1 Å². The van der Waals surface area contributed by atoms with E-state index in [1.807, 2.05) is 26.8 Å². The van der Waals surface area contributed by atoms with Crippen LogP contribution < -0.4 is 4.74 Å². The molecule has 3 aromatic carbocycles. The largest absolute Gasteiger partial charge is 0.493 e. The van der Waals surface area contributed by atoms with E-state index in [0.29, 0.717) is 19.4 Å². The van der Waals surface area contributed by atoms with Crippen molar-refractivity contribution < 1.29 is 24.5 Å². The molecule has 3 rings (SSSR count). The van der Waals surface area contributed by atoms with Crippen molar-refractivity contribution >= 4 is 5.97 Å². The maximum Gasteiger partial charge on any atom is 0.311 e. The first kappa shape index (κ1) is 35.3. The van der Waals surface area contributed by atoms with Crippen LogP contribution in [0.15, 0.2) is 60.7 Å². The summed E-state index contributed by atoms with van der Waals surface area (Å²) in [6.45, 7) is 10.5. The monoisotopic (exact) mass is 602 g/mol. The number of carbonyl (C=O) groups excluding carboxylic acids is 1. The highest BCUT2D eigenvalue weighted by Gasteiger charge is 2.23. The fourth-order valence-corrected chi connectivity index (χ4v) is 5.25. The minimum absolute atomic E-state index is 0.0738. The van der Waals surface area contributed by atoms with Gasteiger partial charge in [0.15, 0.2) is 0 Å². The third kappa shape index (κ3) is 11.1. The van der Waals surface area contributed by atoms with E-state index in [0.717, 1.165) is 36.1 Å². The predicted molar refractivity (Wildman–Crippen MR) is 180 cm³/mol. The Bertz CT molecular complexity index is 1280. The first-order valence-electron chi connectivity index (χ1n) is 16.5.